The van der Waals surface area contributed by atoms with Crippen LogP contribution in [-0.4, -0.2) is 105 Å². The molecule has 1 amide bonds. The van der Waals surface area contributed by atoms with Crippen LogP contribution >= 0.6 is 47.3 Å². The number of thioether (sulfide) groups is 1. The van der Waals surface area contributed by atoms with E-state index in [1.165, 1.54) is 18.0 Å². The number of aliphatic imine (C=N–C) groups is 1. The second-order valence-corrected chi connectivity index (χ2v) is 9.16. The maximum absolute atomic E-state index is 11.9. The van der Waals surface area contributed by atoms with E-state index in [9.17, 15) is 4.79 Å². The van der Waals surface area contributed by atoms with Crippen molar-refractivity contribution >= 4 is 59.2 Å². The number of fused-ring (bicyclic) bond motifs is 3. The normalized spacial score (nSPS) is 22.9. The van der Waals surface area contributed by atoms with Crippen LogP contribution in [-0.2, 0) is 4.79 Å². The quantitative estimate of drug-likeness (QED) is 0.164. The minimum absolute atomic E-state index is 0. The minimum Gasteiger partial charge on any atom is -0.356 e. The fourth-order valence-corrected chi connectivity index (χ4v) is 4.36. The summed E-state index contributed by atoms with van der Waals surface area (Å²) in [4.78, 5) is 24.2. The fourth-order valence-electron chi connectivity index (χ4n) is 3.46. The van der Waals surface area contributed by atoms with E-state index < -0.39 is 0 Å². The third kappa shape index (κ3) is 8.07. The van der Waals surface area contributed by atoms with Crippen LogP contribution in [0.5, 0.6) is 0 Å². The predicted molar refractivity (Wildman–Crippen MR) is 136 cm³/mol. The lowest BCUT2D eigenvalue weighted by molar-refractivity contribution is -0.127. The van der Waals surface area contributed by atoms with Crippen LogP contribution in [0.2, 0.25) is 5.02 Å². The molecule has 7 nitrogen and oxygen atoms in total. The number of hydrogen-bond acceptors (Lipinski definition) is 5. The van der Waals surface area contributed by atoms with Gasteiger partial charge in [0.1, 0.15) is 6.54 Å². The molecular formula is C20H32ClIN6OS. The van der Waals surface area contributed by atoms with Crippen molar-refractivity contribution < 1.29 is 4.79 Å². The Morgan fingerprint density at radius 2 is 1.90 bits per heavy atom. The van der Waals surface area contributed by atoms with Gasteiger partial charge in [0.2, 0.25) is 5.91 Å². The Hall–Kier alpha value is -0.750. The fraction of sp³-hybridized carbons (Fsp3) is 0.600. The van der Waals surface area contributed by atoms with Gasteiger partial charge in [0.05, 0.1) is 0 Å². The molecule has 1 aromatic rings. The molecule has 10 heteroatoms. The van der Waals surface area contributed by atoms with Crippen LogP contribution in [0.15, 0.2) is 34.2 Å². The molecule has 3 fully saturated rings. The largest absolute Gasteiger partial charge is 0.356 e. The Labute approximate surface area is 206 Å². The summed E-state index contributed by atoms with van der Waals surface area (Å²) < 4.78 is 0. The summed E-state index contributed by atoms with van der Waals surface area (Å²) in [5, 5.41) is 7.57. The molecular weight excluding hydrogens is 535 g/mol. The lowest BCUT2D eigenvalue weighted by Gasteiger charge is -2.47. The third-order valence-electron chi connectivity index (χ3n) is 5.25. The van der Waals surface area contributed by atoms with Gasteiger partial charge in [0.15, 0.2) is 5.96 Å². The first-order valence-corrected chi connectivity index (χ1v) is 11.4. The summed E-state index contributed by atoms with van der Waals surface area (Å²) in [7, 11) is 3.50. The number of guanidine groups is 1. The average molecular weight is 567 g/mol. The molecule has 1 unspecified atom stereocenters. The highest BCUT2D eigenvalue weighted by Crippen LogP contribution is 2.19. The van der Waals surface area contributed by atoms with Crippen molar-refractivity contribution in [3.05, 3.63) is 29.3 Å². The standard InChI is InChI=1S/C20H31ClN6OS.HI/c1-25(2)19(28)14-24-20(22-7-12-29-18-5-3-16(21)4-6-18)23-13-17-15-26-8-10-27(17)11-9-26;/h3-6,17H,7-15H2,1-2H3,(H2,22,23,24);1H. The molecule has 0 aliphatic carbocycles. The lowest BCUT2D eigenvalue weighted by atomic mass is 10.1. The highest BCUT2D eigenvalue weighted by Gasteiger charge is 2.31. The van der Waals surface area contributed by atoms with Crippen molar-refractivity contribution in [2.75, 3.05) is 72.2 Å². The van der Waals surface area contributed by atoms with Gasteiger partial charge in [-0.15, -0.1) is 35.7 Å². The summed E-state index contributed by atoms with van der Waals surface area (Å²) in [6.07, 6.45) is 0. The molecule has 1 atom stereocenters. The predicted octanol–water partition coefficient (Wildman–Crippen LogP) is 1.67. The lowest BCUT2D eigenvalue weighted by Crippen LogP contribution is -2.63. The van der Waals surface area contributed by atoms with Gasteiger partial charge in [-0.3, -0.25) is 14.6 Å². The number of benzene rings is 1. The van der Waals surface area contributed by atoms with Crippen LogP contribution in [0.1, 0.15) is 0 Å². The number of carbonyl (C=O) groups is 1. The molecule has 0 radical (unpaired) electrons. The minimum atomic E-state index is -0.00627. The first-order valence-electron chi connectivity index (χ1n) is 10.1. The van der Waals surface area contributed by atoms with E-state index in [1.54, 1.807) is 30.8 Å². The second-order valence-electron chi connectivity index (χ2n) is 7.55. The van der Waals surface area contributed by atoms with Gasteiger partial charge >= 0.3 is 0 Å². The molecule has 3 aliphatic heterocycles. The van der Waals surface area contributed by atoms with Crippen molar-refractivity contribution in [2.45, 2.75) is 10.9 Å². The molecule has 2 N–H and O–H groups in total. The van der Waals surface area contributed by atoms with Gasteiger partial charge in [-0.05, 0) is 24.3 Å². The summed E-state index contributed by atoms with van der Waals surface area (Å²) in [6, 6.07) is 8.36. The van der Waals surface area contributed by atoms with Gasteiger partial charge in [0.25, 0.3) is 0 Å². The average Bonchev–Trinajstić information content (AvgIpc) is 2.74. The van der Waals surface area contributed by atoms with Gasteiger partial charge in [-0.2, -0.15) is 0 Å². The molecule has 1 aromatic carbocycles. The molecule has 30 heavy (non-hydrogen) atoms. The number of hydrogen-bond donors (Lipinski definition) is 2. The molecule has 168 valence electrons. The summed E-state index contributed by atoms with van der Waals surface area (Å²) in [5.74, 6) is 1.59. The van der Waals surface area contributed by atoms with Crippen molar-refractivity contribution in [1.82, 2.24) is 25.3 Å². The van der Waals surface area contributed by atoms with Crippen LogP contribution in [0.4, 0.5) is 0 Å². The molecule has 4 rings (SSSR count). The van der Waals surface area contributed by atoms with E-state index in [0.29, 0.717) is 12.0 Å². The van der Waals surface area contributed by atoms with E-state index in [4.69, 9.17) is 11.6 Å². The zero-order chi connectivity index (χ0) is 20.6. The number of rotatable bonds is 8. The van der Waals surface area contributed by atoms with Crippen LogP contribution in [0.25, 0.3) is 0 Å². The van der Waals surface area contributed by atoms with Crippen LogP contribution < -0.4 is 10.6 Å². The first kappa shape index (κ1) is 25.5. The summed E-state index contributed by atoms with van der Waals surface area (Å²) in [5.41, 5.74) is 0. The molecule has 2 bridgehead atoms. The van der Waals surface area contributed by atoms with Crippen LogP contribution in [0, 0.1) is 0 Å². The molecule has 3 heterocycles. The van der Waals surface area contributed by atoms with Crippen molar-refractivity contribution in [1.29, 1.82) is 0 Å². The first-order chi connectivity index (χ1) is 14.0. The number of piperazine rings is 3. The SMILES string of the molecule is CN(C)C(=O)CN=C(NCCSc1ccc(Cl)cc1)NCC1CN2CCN1CC2.I. The Bertz CT molecular complexity index is 697. The van der Waals surface area contributed by atoms with E-state index in [2.05, 4.69) is 25.4 Å². The number of amides is 1. The third-order valence-corrected chi connectivity index (χ3v) is 6.51. The zero-order valence-corrected chi connectivity index (χ0v) is 21.5. The van der Waals surface area contributed by atoms with E-state index in [-0.39, 0.29) is 36.4 Å². The Morgan fingerprint density at radius 1 is 1.20 bits per heavy atom. The number of likely N-dealkylation sites (N-methyl/N-ethyl adjacent to an activating group) is 1. The van der Waals surface area contributed by atoms with Gasteiger partial charge in [-0.25, -0.2) is 4.99 Å². The molecule has 0 spiro atoms. The second kappa shape index (κ2) is 12.9. The number of halogens is 2. The Balaban J connectivity index is 0.00000320. The molecule has 3 aliphatic rings. The van der Waals surface area contributed by atoms with Gasteiger partial charge in [0, 0.05) is 81.6 Å². The zero-order valence-electron chi connectivity index (χ0n) is 17.6. The smallest absolute Gasteiger partial charge is 0.243 e. The maximum atomic E-state index is 11.9. The van der Waals surface area contributed by atoms with Crippen molar-refractivity contribution in [3.8, 4) is 0 Å². The Kier molecular flexibility index (Phi) is 11.0. The van der Waals surface area contributed by atoms with Gasteiger partial charge in [-0.1, -0.05) is 11.6 Å². The van der Waals surface area contributed by atoms with E-state index >= 15 is 0 Å². The Morgan fingerprint density at radius 3 is 2.50 bits per heavy atom. The highest BCUT2D eigenvalue weighted by molar-refractivity contribution is 14.0. The maximum Gasteiger partial charge on any atom is 0.243 e. The molecule has 0 saturated carbocycles. The van der Waals surface area contributed by atoms with Crippen molar-refractivity contribution in [2.24, 2.45) is 4.99 Å². The van der Waals surface area contributed by atoms with Crippen LogP contribution in [0.3, 0.4) is 0 Å². The summed E-state index contributed by atoms with van der Waals surface area (Å²) in [6.45, 7) is 7.48. The number of carbonyl (C=O) groups excluding carboxylic acids is 1. The summed E-state index contributed by atoms with van der Waals surface area (Å²) >= 11 is 7.70. The number of nitrogens with zero attached hydrogens (tertiary/aromatic N) is 4. The molecule has 3 saturated heterocycles. The highest BCUT2D eigenvalue weighted by atomic mass is 127. The topological polar surface area (TPSA) is 63.2 Å². The van der Waals surface area contributed by atoms with E-state index in [1.807, 2.05) is 24.3 Å². The number of nitrogens with one attached hydrogen (secondary N) is 2. The monoisotopic (exact) mass is 566 g/mol. The molecule has 0 aromatic heterocycles. The van der Waals surface area contributed by atoms with E-state index in [0.717, 1.165) is 43.5 Å². The van der Waals surface area contributed by atoms with Gasteiger partial charge < -0.3 is 15.5 Å². The van der Waals surface area contributed by atoms with Crippen molar-refractivity contribution in [3.63, 3.8) is 0 Å².